The van der Waals surface area contributed by atoms with Gasteiger partial charge in [-0.25, -0.2) is 9.69 Å². The second-order valence-electron chi connectivity index (χ2n) is 6.13. The number of amides is 2. The molecule has 0 aromatic heterocycles. The van der Waals surface area contributed by atoms with Gasteiger partial charge in [-0.15, -0.1) is 0 Å². The number of para-hydroxylation sites is 1. The molecule has 1 atom stereocenters. The van der Waals surface area contributed by atoms with Crippen LogP contribution in [0.25, 0.3) is 0 Å². The summed E-state index contributed by atoms with van der Waals surface area (Å²) in [6.07, 6.45) is -0.716. The molecule has 5 nitrogen and oxygen atoms in total. The molecule has 1 aliphatic rings. The second-order valence-corrected chi connectivity index (χ2v) is 6.13. The summed E-state index contributed by atoms with van der Waals surface area (Å²) in [5.41, 5.74) is -0.681. The molecule has 1 N–H and O–H groups in total. The van der Waals surface area contributed by atoms with Crippen molar-refractivity contribution in [2.24, 2.45) is 0 Å². The van der Waals surface area contributed by atoms with Crippen LogP contribution in [0.1, 0.15) is 33.3 Å². The highest BCUT2D eigenvalue weighted by Crippen LogP contribution is 2.41. The number of imide groups is 1. The van der Waals surface area contributed by atoms with Crippen molar-refractivity contribution in [3.8, 4) is 0 Å². The third-order valence-electron chi connectivity index (χ3n) is 3.31. The molecule has 5 heteroatoms. The van der Waals surface area contributed by atoms with Crippen molar-refractivity contribution in [3.05, 3.63) is 29.8 Å². The molecule has 0 saturated heterocycles. The van der Waals surface area contributed by atoms with Crippen LogP contribution >= 0.6 is 0 Å². The summed E-state index contributed by atoms with van der Waals surface area (Å²) >= 11 is 0. The van der Waals surface area contributed by atoms with Crippen molar-refractivity contribution < 1.29 is 19.4 Å². The molecule has 108 valence electrons. The summed E-state index contributed by atoms with van der Waals surface area (Å²) < 4.78 is 5.27. The van der Waals surface area contributed by atoms with Gasteiger partial charge in [-0.05, 0) is 39.3 Å². The standard InChI is InChI=1S/C15H19NO4/c1-14(2,3)20-13(19)16-11-8-6-5-7-10(11)15(4,9-17)12(16)18/h5-8,17H,9H2,1-4H3. The zero-order valence-corrected chi connectivity index (χ0v) is 12.1. The summed E-state index contributed by atoms with van der Waals surface area (Å²) in [5, 5.41) is 9.57. The molecular formula is C15H19NO4. The first kappa shape index (κ1) is 14.5. The molecule has 1 aliphatic heterocycles. The summed E-state index contributed by atoms with van der Waals surface area (Å²) in [4.78, 5) is 25.8. The van der Waals surface area contributed by atoms with Crippen LogP contribution < -0.4 is 4.90 Å². The van der Waals surface area contributed by atoms with Crippen LogP contribution in [0.3, 0.4) is 0 Å². The number of anilines is 1. The zero-order valence-electron chi connectivity index (χ0n) is 12.1. The van der Waals surface area contributed by atoms with Crippen molar-refractivity contribution in [3.63, 3.8) is 0 Å². The van der Waals surface area contributed by atoms with Gasteiger partial charge in [0.1, 0.15) is 5.60 Å². The maximum atomic E-state index is 12.5. The van der Waals surface area contributed by atoms with Gasteiger partial charge in [-0.1, -0.05) is 18.2 Å². The predicted octanol–water partition coefficient (Wildman–Crippen LogP) is 2.22. The summed E-state index contributed by atoms with van der Waals surface area (Å²) in [7, 11) is 0. The van der Waals surface area contributed by atoms with Crippen LogP contribution in [-0.4, -0.2) is 29.3 Å². The Morgan fingerprint density at radius 1 is 1.35 bits per heavy atom. The first-order chi connectivity index (χ1) is 9.20. The minimum atomic E-state index is -1.10. The van der Waals surface area contributed by atoms with Crippen molar-refractivity contribution >= 4 is 17.7 Å². The lowest BCUT2D eigenvalue weighted by atomic mass is 9.85. The molecule has 0 fully saturated rings. The Balaban J connectivity index is 2.46. The largest absolute Gasteiger partial charge is 0.443 e. The van der Waals surface area contributed by atoms with Crippen LogP contribution in [0.4, 0.5) is 10.5 Å². The van der Waals surface area contributed by atoms with Crippen LogP contribution in [0.5, 0.6) is 0 Å². The minimum Gasteiger partial charge on any atom is -0.443 e. The Hall–Kier alpha value is -1.88. The number of carbonyl (C=O) groups excluding carboxylic acids is 2. The van der Waals surface area contributed by atoms with Gasteiger partial charge in [0.05, 0.1) is 17.7 Å². The topological polar surface area (TPSA) is 66.8 Å². The Morgan fingerprint density at radius 2 is 1.95 bits per heavy atom. The van der Waals surface area contributed by atoms with Gasteiger partial charge in [-0.2, -0.15) is 0 Å². The molecule has 0 bridgehead atoms. The van der Waals surface area contributed by atoms with Gasteiger partial charge in [0.25, 0.3) is 0 Å². The molecule has 0 radical (unpaired) electrons. The number of hydrogen-bond acceptors (Lipinski definition) is 4. The lowest BCUT2D eigenvalue weighted by Gasteiger charge is -2.25. The Labute approximate surface area is 118 Å². The SMILES string of the molecule is CC(C)(C)OC(=O)N1C(=O)C(C)(CO)c2ccccc21. The average molecular weight is 277 g/mol. The minimum absolute atomic E-state index is 0.359. The van der Waals surface area contributed by atoms with Gasteiger partial charge in [-0.3, -0.25) is 4.79 Å². The molecule has 1 unspecified atom stereocenters. The number of hydrogen-bond donors (Lipinski definition) is 1. The zero-order chi connectivity index (χ0) is 15.1. The third kappa shape index (κ3) is 2.18. The monoisotopic (exact) mass is 277 g/mol. The lowest BCUT2D eigenvalue weighted by molar-refractivity contribution is -0.123. The van der Waals surface area contributed by atoms with E-state index in [1.54, 1.807) is 52.0 Å². The molecule has 20 heavy (non-hydrogen) atoms. The average Bonchev–Trinajstić information content (AvgIpc) is 2.58. The summed E-state index contributed by atoms with van der Waals surface area (Å²) in [6.45, 7) is 6.48. The number of carbonyl (C=O) groups is 2. The van der Waals surface area contributed by atoms with Gasteiger partial charge < -0.3 is 9.84 Å². The van der Waals surface area contributed by atoms with Crippen LogP contribution in [0.2, 0.25) is 0 Å². The highest BCUT2D eigenvalue weighted by atomic mass is 16.6. The normalized spacial score (nSPS) is 21.9. The number of aliphatic hydroxyl groups excluding tert-OH is 1. The number of fused-ring (bicyclic) bond motifs is 1. The van der Waals surface area contributed by atoms with E-state index in [0.29, 0.717) is 11.3 Å². The second kappa shape index (κ2) is 4.59. The number of ether oxygens (including phenoxy) is 1. The number of nitrogens with zero attached hydrogens (tertiary/aromatic N) is 1. The highest BCUT2D eigenvalue weighted by molar-refractivity contribution is 6.21. The summed E-state index contributed by atoms with van der Waals surface area (Å²) in [5.74, 6) is -0.463. The van der Waals surface area contributed by atoms with Gasteiger partial charge >= 0.3 is 6.09 Å². The number of rotatable bonds is 1. The third-order valence-corrected chi connectivity index (χ3v) is 3.31. The van der Waals surface area contributed by atoms with E-state index in [2.05, 4.69) is 0 Å². The molecular weight excluding hydrogens is 258 g/mol. The van der Waals surface area contributed by atoms with Crippen molar-refractivity contribution in [1.82, 2.24) is 0 Å². The molecule has 1 aromatic carbocycles. The first-order valence-corrected chi connectivity index (χ1v) is 6.48. The fourth-order valence-corrected chi connectivity index (χ4v) is 2.25. The smallest absolute Gasteiger partial charge is 0.421 e. The number of benzene rings is 1. The van der Waals surface area contributed by atoms with Gasteiger partial charge in [0.15, 0.2) is 0 Å². The van der Waals surface area contributed by atoms with Crippen molar-refractivity contribution in [2.75, 3.05) is 11.5 Å². The molecule has 1 heterocycles. The van der Waals surface area contributed by atoms with Crippen molar-refractivity contribution in [1.29, 1.82) is 0 Å². The van der Waals surface area contributed by atoms with E-state index in [4.69, 9.17) is 4.74 Å². The van der Waals surface area contributed by atoms with Crippen molar-refractivity contribution in [2.45, 2.75) is 38.7 Å². The van der Waals surface area contributed by atoms with E-state index < -0.39 is 23.0 Å². The Bertz CT molecular complexity index is 561. The molecule has 0 aliphatic carbocycles. The fourth-order valence-electron chi connectivity index (χ4n) is 2.25. The lowest BCUT2D eigenvalue weighted by Crippen LogP contribution is -2.45. The highest BCUT2D eigenvalue weighted by Gasteiger charge is 2.50. The Kier molecular flexibility index (Phi) is 3.34. The van der Waals surface area contributed by atoms with Gasteiger partial charge in [0.2, 0.25) is 5.91 Å². The van der Waals surface area contributed by atoms with Crippen LogP contribution in [-0.2, 0) is 14.9 Å². The number of aliphatic hydroxyl groups is 1. The van der Waals surface area contributed by atoms with E-state index in [1.165, 1.54) is 0 Å². The fraction of sp³-hybridized carbons (Fsp3) is 0.467. The van der Waals surface area contributed by atoms with E-state index >= 15 is 0 Å². The molecule has 2 amide bonds. The van der Waals surface area contributed by atoms with Gasteiger partial charge in [0, 0.05) is 0 Å². The van der Waals surface area contributed by atoms with E-state index in [9.17, 15) is 14.7 Å². The molecule has 0 saturated carbocycles. The molecule has 0 spiro atoms. The predicted molar refractivity (Wildman–Crippen MR) is 74.6 cm³/mol. The molecule has 1 aromatic rings. The van der Waals surface area contributed by atoms with E-state index in [0.717, 1.165) is 4.90 Å². The quantitative estimate of drug-likeness (QED) is 0.854. The summed E-state index contributed by atoms with van der Waals surface area (Å²) in [6, 6.07) is 6.94. The first-order valence-electron chi connectivity index (χ1n) is 6.48. The maximum Gasteiger partial charge on any atom is 0.421 e. The van der Waals surface area contributed by atoms with E-state index in [1.807, 2.05) is 0 Å². The molecule has 2 rings (SSSR count). The Morgan fingerprint density at radius 3 is 2.50 bits per heavy atom. The maximum absolute atomic E-state index is 12.5. The van der Waals surface area contributed by atoms with Crippen LogP contribution in [0, 0.1) is 0 Å². The van der Waals surface area contributed by atoms with E-state index in [-0.39, 0.29) is 6.61 Å². The van der Waals surface area contributed by atoms with Crippen LogP contribution in [0.15, 0.2) is 24.3 Å².